The molecule has 5 nitrogen and oxygen atoms in total. The zero-order valence-corrected chi connectivity index (χ0v) is 15.5. The van der Waals surface area contributed by atoms with E-state index in [2.05, 4.69) is 16.0 Å². The first-order valence-electron chi connectivity index (χ1n) is 8.36. The van der Waals surface area contributed by atoms with Gasteiger partial charge in [0.05, 0.1) is 12.1 Å². The molecule has 150 valence electrons. The lowest BCUT2D eigenvalue weighted by atomic mass is 10.1. The first kappa shape index (κ1) is 21.7. The summed E-state index contributed by atoms with van der Waals surface area (Å²) < 4.78 is 37.5. The fourth-order valence-corrected chi connectivity index (χ4v) is 2.79. The fraction of sp³-hybridized carbons (Fsp3) is 0.263. The summed E-state index contributed by atoms with van der Waals surface area (Å²) >= 11 is 0. The van der Waals surface area contributed by atoms with Gasteiger partial charge in [0, 0.05) is 25.2 Å². The minimum atomic E-state index is -4.46. The summed E-state index contributed by atoms with van der Waals surface area (Å²) in [5.41, 5.74) is 2.63. The quantitative estimate of drug-likeness (QED) is 0.706. The molecule has 0 unspecified atom stereocenters. The lowest BCUT2D eigenvalue weighted by molar-refractivity contribution is -0.137. The van der Waals surface area contributed by atoms with E-state index in [1.807, 2.05) is 18.2 Å². The van der Waals surface area contributed by atoms with E-state index in [-0.39, 0.29) is 30.4 Å². The number of carbonyl (C=O) groups excluding carboxylic acids is 2. The van der Waals surface area contributed by atoms with Gasteiger partial charge in [0.2, 0.25) is 5.91 Å². The molecule has 3 N–H and O–H groups in total. The molecule has 28 heavy (non-hydrogen) atoms. The van der Waals surface area contributed by atoms with Gasteiger partial charge in [0.25, 0.3) is 5.91 Å². The van der Waals surface area contributed by atoms with Crippen molar-refractivity contribution in [2.45, 2.75) is 25.8 Å². The van der Waals surface area contributed by atoms with Crippen LogP contribution >= 0.6 is 12.4 Å². The van der Waals surface area contributed by atoms with Crippen LogP contribution in [-0.2, 0) is 30.6 Å². The predicted molar refractivity (Wildman–Crippen MR) is 99.9 cm³/mol. The van der Waals surface area contributed by atoms with Gasteiger partial charge in [-0.15, -0.1) is 12.4 Å². The summed E-state index contributed by atoms with van der Waals surface area (Å²) in [5.74, 6) is -0.989. The molecule has 3 rings (SSSR count). The molecule has 2 aromatic rings. The molecule has 0 saturated carbocycles. The number of nitrogens with one attached hydrogen (secondary N) is 3. The fourth-order valence-electron chi connectivity index (χ4n) is 2.79. The number of rotatable bonds is 5. The third-order valence-corrected chi connectivity index (χ3v) is 4.28. The van der Waals surface area contributed by atoms with Crippen molar-refractivity contribution in [2.24, 2.45) is 0 Å². The number of carbonyl (C=O) groups is 2. The molecular formula is C19H19ClF3N3O2. The number of halogens is 4. The Morgan fingerprint density at radius 3 is 2.32 bits per heavy atom. The van der Waals surface area contributed by atoms with Gasteiger partial charge < -0.3 is 16.0 Å². The summed E-state index contributed by atoms with van der Waals surface area (Å²) in [7, 11) is 0. The molecule has 9 heteroatoms. The van der Waals surface area contributed by atoms with Crippen LogP contribution in [0, 0.1) is 0 Å². The second-order valence-electron chi connectivity index (χ2n) is 6.24. The predicted octanol–water partition coefficient (Wildman–Crippen LogP) is 2.78. The van der Waals surface area contributed by atoms with E-state index >= 15 is 0 Å². The van der Waals surface area contributed by atoms with Crippen molar-refractivity contribution in [3.05, 3.63) is 70.3 Å². The smallest absolute Gasteiger partial charge is 0.350 e. The van der Waals surface area contributed by atoms with Crippen LogP contribution in [0.25, 0.3) is 0 Å². The lowest BCUT2D eigenvalue weighted by Gasteiger charge is -2.09. The van der Waals surface area contributed by atoms with Crippen molar-refractivity contribution in [1.29, 1.82) is 0 Å². The van der Waals surface area contributed by atoms with E-state index in [0.717, 1.165) is 42.9 Å². The zero-order chi connectivity index (χ0) is 19.4. The van der Waals surface area contributed by atoms with Crippen LogP contribution in [0.2, 0.25) is 0 Å². The number of benzene rings is 2. The molecule has 2 amide bonds. The number of hydrogen-bond donors (Lipinski definition) is 3. The average Bonchev–Trinajstić information content (AvgIpc) is 3.11. The second-order valence-corrected chi connectivity index (χ2v) is 6.24. The van der Waals surface area contributed by atoms with Gasteiger partial charge in [-0.05, 0) is 41.0 Å². The van der Waals surface area contributed by atoms with Gasteiger partial charge in [0.1, 0.15) is 0 Å². The maximum atomic E-state index is 12.5. The molecular weight excluding hydrogens is 395 g/mol. The molecule has 2 aromatic carbocycles. The molecule has 1 aliphatic heterocycles. The van der Waals surface area contributed by atoms with Crippen molar-refractivity contribution in [3.8, 4) is 0 Å². The summed E-state index contributed by atoms with van der Waals surface area (Å²) in [5, 5.41) is 8.34. The molecule has 1 aliphatic rings. The number of alkyl halides is 3. The van der Waals surface area contributed by atoms with E-state index < -0.39 is 17.6 Å². The standard InChI is InChI=1S/C19H18F3N3O2.ClH/c20-19(21,22)16-5-3-13(4-6-16)18(27)25-11-17(26)24-8-12-1-2-14-9-23-10-15(14)7-12;/h1-7,23H,8-11H2,(H,24,26)(H,25,27);1H. The van der Waals surface area contributed by atoms with Crippen LogP contribution in [-0.4, -0.2) is 18.4 Å². The van der Waals surface area contributed by atoms with E-state index in [1.54, 1.807) is 0 Å². The SMILES string of the molecule is Cl.O=C(CNC(=O)c1ccc(C(F)(F)F)cc1)NCc1ccc2c(c1)CNC2. The van der Waals surface area contributed by atoms with E-state index in [9.17, 15) is 22.8 Å². The molecule has 0 radical (unpaired) electrons. The minimum Gasteiger partial charge on any atom is -0.350 e. The van der Waals surface area contributed by atoms with E-state index in [4.69, 9.17) is 0 Å². The monoisotopic (exact) mass is 413 g/mol. The summed E-state index contributed by atoms with van der Waals surface area (Å²) in [6, 6.07) is 9.80. The third-order valence-electron chi connectivity index (χ3n) is 4.28. The Kier molecular flexibility index (Phi) is 7.04. The Morgan fingerprint density at radius 1 is 0.964 bits per heavy atom. The van der Waals surface area contributed by atoms with Gasteiger partial charge in [0.15, 0.2) is 0 Å². The molecule has 0 aliphatic carbocycles. The van der Waals surface area contributed by atoms with Crippen LogP contribution in [0.4, 0.5) is 13.2 Å². The Bertz CT molecular complexity index is 854. The highest BCUT2D eigenvalue weighted by Crippen LogP contribution is 2.29. The topological polar surface area (TPSA) is 70.2 Å². The Hall–Kier alpha value is -2.58. The first-order chi connectivity index (χ1) is 12.8. The van der Waals surface area contributed by atoms with E-state index in [0.29, 0.717) is 6.54 Å². The normalized spacial score (nSPS) is 12.7. The van der Waals surface area contributed by atoms with Crippen LogP contribution in [0.15, 0.2) is 42.5 Å². The van der Waals surface area contributed by atoms with E-state index in [1.165, 1.54) is 11.1 Å². The molecule has 0 fully saturated rings. The van der Waals surface area contributed by atoms with Gasteiger partial charge in [-0.25, -0.2) is 0 Å². The summed E-state index contributed by atoms with van der Waals surface area (Å²) in [4.78, 5) is 23.8. The third kappa shape index (κ3) is 5.46. The van der Waals surface area contributed by atoms with Crippen molar-refractivity contribution in [1.82, 2.24) is 16.0 Å². The maximum absolute atomic E-state index is 12.5. The Labute approximate surface area is 166 Å². The van der Waals surface area contributed by atoms with Gasteiger partial charge >= 0.3 is 6.18 Å². The highest BCUT2D eigenvalue weighted by atomic mass is 35.5. The van der Waals surface area contributed by atoms with Crippen molar-refractivity contribution < 1.29 is 22.8 Å². The first-order valence-corrected chi connectivity index (χ1v) is 8.36. The molecule has 0 bridgehead atoms. The van der Waals surface area contributed by atoms with Crippen molar-refractivity contribution in [2.75, 3.05) is 6.54 Å². The average molecular weight is 414 g/mol. The van der Waals surface area contributed by atoms with Crippen molar-refractivity contribution in [3.63, 3.8) is 0 Å². The Morgan fingerprint density at radius 2 is 1.64 bits per heavy atom. The largest absolute Gasteiger partial charge is 0.416 e. The Balaban J connectivity index is 0.00000280. The van der Waals surface area contributed by atoms with Crippen LogP contribution in [0.1, 0.15) is 32.6 Å². The van der Waals surface area contributed by atoms with Gasteiger partial charge in [-0.3, -0.25) is 9.59 Å². The second kappa shape index (κ2) is 9.07. The number of fused-ring (bicyclic) bond motifs is 1. The number of hydrogen-bond acceptors (Lipinski definition) is 3. The maximum Gasteiger partial charge on any atom is 0.416 e. The van der Waals surface area contributed by atoms with Crippen molar-refractivity contribution >= 4 is 24.2 Å². The molecule has 0 spiro atoms. The number of amides is 2. The summed E-state index contributed by atoms with van der Waals surface area (Å²) in [6.45, 7) is 1.73. The molecule has 0 saturated heterocycles. The minimum absolute atomic E-state index is 0. The highest BCUT2D eigenvalue weighted by Gasteiger charge is 2.30. The van der Waals surface area contributed by atoms with Crippen LogP contribution in [0.5, 0.6) is 0 Å². The van der Waals surface area contributed by atoms with Crippen LogP contribution < -0.4 is 16.0 Å². The molecule has 1 heterocycles. The molecule has 0 atom stereocenters. The molecule has 0 aromatic heterocycles. The lowest BCUT2D eigenvalue weighted by Crippen LogP contribution is -2.36. The zero-order valence-electron chi connectivity index (χ0n) is 14.7. The van der Waals surface area contributed by atoms with Crippen LogP contribution in [0.3, 0.4) is 0 Å². The highest BCUT2D eigenvalue weighted by molar-refractivity contribution is 5.96. The summed E-state index contributed by atoms with van der Waals surface area (Å²) in [6.07, 6.45) is -4.46. The van der Waals surface area contributed by atoms with Gasteiger partial charge in [-0.1, -0.05) is 18.2 Å². The van der Waals surface area contributed by atoms with Gasteiger partial charge in [-0.2, -0.15) is 13.2 Å².